The van der Waals surface area contributed by atoms with Crippen molar-refractivity contribution in [2.75, 3.05) is 18.0 Å². The Balaban J connectivity index is 2.27. The van der Waals surface area contributed by atoms with E-state index in [2.05, 4.69) is 80.4 Å². The Bertz CT molecular complexity index is 573. The summed E-state index contributed by atoms with van der Waals surface area (Å²) in [6, 6.07) is 15.5. The lowest BCUT2D eigenvalue weighted by atomic mass is 10.1. The molecule has 0 atom stereocenters. The molecule has 112 valence electrons. The molecular weight excluding hydrogens is 256 g/mol. The second-order valence-corrected chi connectivity index (χ2v) is 5.48. The zero-order valence-electron chi connectivity index (χ0n) is 13.6. The molecule has 0 saturated heterocycles. The fourth-order valence-electron chi connectivity index (χ4n) is 2.62. The van der Waals surface area contributed by atoms with Gasteiger partial charge in [0.2, 0.25) is 0 Å². The minimum atomic E-state index is 0.939. The van der Waals surface area contributed by atoms with Crippen LogP contribution in [0.2, 0.25) is 0 Å². The number of aryl methyl sites for hydroxylation is 2. The summed E-state index contributed by atoms with van der Waals surface area (Å²) in [5.41, 5.74) is 6.52. The van der Waals surface area contributed by atoms with Crippen LogP contribution >= 0.6 is 0 Å². The topological polar surface area (TPSA) is 15.3 Å². The summed E-state index contributed by atoms with van der Waals surface area (Å²) in [4.78, 5) is 2.37. The highest BCUT2D eigenvalue weighted by molar-refractivity contribution is 5.66. The van der Waals surface area contributed by atoms with Gasteiger partial charge in [0, 0.05) is 24.5 Å². The Labute approximate surface area is 128 Å². The van der Waals surface area contributed by atoms with E-state index in [1.165, 1.54) is 28.1 Å². The van der Waals surface area contributed by atoms with E-state index in [0.29, 0.717) is 0 Å². The van der Waals surface area contributed by atoms with Gasteiger partial charge in [-0.25, -0.2) is 0 Å². The quantitative estimate of drug-likeness (QED) is 0.835. The molecule has 0 bridgehead atoms. The highest BCUT2D eigenvalue weighted by Crippen LogP contribution is 2.29. The Kier molecular flexibility index (Phi) is 5.40. The first-order valence-corrected chi connectivity index (χ1v) is 7.80. The van der Waals surface area contributed by atoms with Crippen LogP contribution in [0.25, 0.3) is 0 Å². The first-order valence-electron chi connectivity index (χ1n) is 7.80. The Morgan fingerprint density at radius 1 is 0.952 bits per heavy atom. The Hall–Kier alpha value is -1.80. The number of rotatable bonds is 6. The minimum absolute atomic E-state index is 0.939. The molecule has 0 spiro atoms. The van der Waals surface area contributed by atoms with Crippen molar-refractivity contribution in [2.24, 2.45) is 0 Å². The highest BCUT2D eigenvalue weighted by Gasteiger charge is 2.10. The smallest absolute Gasteiger partial charge is 0.0440 e. The standard InChI is InChI=1S/C19H26N2/c1-5-20-14-17-9-12-19(16(4)13-17)21(6-2)18-10-7-15(3)8-11-18/h7-13,20H,5-6,14H2,1-4H3. The number of nitrogens with zero attached hydrogens (tertiary/aromatic N) is 1. The summed E-state index contributed by atoms with van der Waals surface area (Å²) in [7, 11) is 0. The molecule has 2 nitrogen and oxygen atoms in total. The number of nitrogens with one attached hydrogen (secondary N) is 1. The van der Waals surface area contributed by atoms with Crippen LogP contribution in [-0.4, -0.2) is 13.1 Å². The molecule has 0 aliphatic rings. The summed E-state index contributed by atoms with van der Waals surface area (Å²) in [6.07, 6.45) is 0. The van der Waals surface area contributed by atoms with Gasteiger partial charge in [-0.1, -0.05) is 36.8 Å². The Morgan fingerprint density at radius 2 is 1.67 bits per heavy atom. The van der Waals surface area contributed by atoms with Gasteiger partial charge in [-0.15, -0.1) is 0 Å². The van der Waals surface area contributed by atoms with Crippen LogP contribution in [0.1, 0.15) is 30.5 Å². The van der Waals surface area contributed by atoms with Crippen LogP contribution < -0.4 is 10.2 Å². The molecule has 21 heavy (non-hydrogen) atoms. The van der Waals surface area contributed by atoms with Crippen molar-refractivity contribution in [1.82, 2.24) is 5.32 Å². The molecule has 0 saturated carbocycles. The zero-order chi connectivity index (χ0) is 15.2. The largest absolute Gasteiger partial charge is 0.342 e. The van der Waals surface area contributed by atoms with Crippen molar-refractivity contribution in [3.05, 3.63) is 59.2 Å². The van der Waals surface area contributed by atoms with Crippen LogP contribution in [0.15, 0.2) is 42.5 Å². The maximum absolute atomic E-state index is 3.38. The van der Waals surface area contributed by atoms with Crippen molar-refractivity contribution in [1.29, 1.82) is 0 Å². The van der Waals surface area contributed by atoms with Gasteiger partial charge in [0.05, 0.1) is 0 Å². The van der Waals surface area contributed by atoms with Crippen molar-refractivity contribution in [3.8, 4) is 0 Å². The van der Waals surface area contributed by atoms with Crippen LogP contribution in [0.5, 0.6) is 0 Å². The third-order valence-corrected chi connectivity index (χ3v) is 3.79. The number of benzene rings is 2. The van der Waals surface area contributed by atoms with Gasteiger partial charge in [-0.05, 0) is 56.6 Å². The second kappa shape index (κ2) is 7.28. The van der Waals surface area contributed by atoms with E-state index in [9.17, 15) is 0 Å². The van der Waals surface area contributed by atoms with E-state index in [-0.39, 0.29) is 0 Å². The lowest BCUT2D eigenvalue weighted by molar-refractivity contribution is 0.726. The van der Waals surface area contributed by atoms with Crippen LogP contribution in [0.3, 0.4) is 0 Å². The third kappa shape index (κ3) is 3.85. The molecular formula is C19H26N2. The normalized spacial score (nSPS) is 10.7. The van der Waals surface area contributed by atoms with E-state index in [0.717, 1.165) is 19.6 Å². The summed E-state index contributed by atoms with van der Waals surface area (Å²) in [6.45, 7) is 11.6. The van der Waals surface area contributed by atoms with E-state index >= 15 is 0 Å². The van der Waals surface area contributed by atoms with Gasteiger partial charge in [-0.2, -0.15) is 0 Å². The zero-order valence-corrected chi connectivity index (χ0v) is 13.6. The van der Waals surface area contributed by atoms with Crippen molar-refractivity contribution in [2.45, 2.75) is 34.2 Å². The molecule has 0 aliphatic carbocycles. The maximum Gasteiger partial charge on any atom is 0.0440 e. The monoisotopic (exact) mass is 282 g/mol. The first kappa shape index (κ1) is 15.6. The van der Waals surface area contributed by atoms with Gasteiger partial charge in [0.15, 0.2) is 0 Å². The number of anilines is 2. The maximum atomic E-state index is 3.38. The van der Waals surface area contributed by atoms with Gasteiger partial charge in [-0.3, -0.25) is 0 Å². The lowest BCUT2D eigenvalue weighted by Crippen LogP contribution is -2.17. The summed E-state index contributed by atoms with van der Waals surface area (Å²) < 4.78 is 0. The van der Waals surface area contributed by atoms with Crippen molar-refractivity contribution < 1.29 is 0 Å². The average Bonchev–Trinajstić information content (AvgIpc) is 2.49. The highest BCUT2D eigenvalue weighted by atomic mass is 15.1. The molecule has 1 N–H and O–H groups in total. The van der Waals surface area contributed by atoms with Gasteiger partial charge in [0.25, 0.3) is 0 Å². The van der Waals surface area contributed by atoms with E-state index in [1.54, 1.807) is 0 Å². The summed E-state index contributed by atoms with van der Waals surface area (Å²) >= 11 is 0. The first-order chi connectivity index (χ1) is 10.2. The molecule has 0 unspecified atom stereocenters. The molecule has 0 fully saturated rings. The van der Waals surface area contributed by atoms with Crippen LogP contribution in [0, 0.1) is 13.8 Å². The number of hydrogen-bond acceptors (Lipinski definition) is 2. The van der Waals surface area contributed by atoms with Crippen LogP contribution in [-0.2, 0) is 6.54 Å². The fourth-order valence-corrected chi connectivity index (χ4v) is 2.62. The van der Waals surface area contributed by atoms with E-state index in [4.69, 9.17) is 0 Å². The van der Waals surface area contributed by atoms with Crippen molar-refractivity contribution >= 4 is 11.4 Å². The molecule has 0 heterocycles. The molecule has 2 rings (SSSR count). The van der Waals surface area contributed by atoms with Gasteiger partial charge in [0.1, 0.15) is 0 Å². The van der Waals surface area contributed by atoms with Gasteiger partial charge >= 0.3 is 0 Å². The fraction of sp³-hybridized carbons (Fsp3) is 0.368. The Morgan fingerprint density at radius 3 is 2.24 bits per heavy atom. The SMILES string of the molecule is CCNCc1ccc(N(CC)c2ccc(C)cc2)c(C)c1. The molecule has 2 aromatic carbocycles. The molecule has 0 amide bonds. The second-order valence-electron chi connectivity index (χ2n) is 5.48. The predicted molar refractivity (Wildman–Crippen MR) is 92.4 cm³/mol. The molecule has 2 aromatic rings. The minimum Gasteiger partial charge on any atom is -0.342 e. The van der Waals surface area contributed by atoms with Crippen LogP contribution in [0.4, 0.5) is 11.4 Å². The molecule has 0 aromatic heterocycles. The average molecular weight is 282 g/mol. The van der Waals surface area contributed by atoms with E-state index < -0.39 is 0 Å². The number of hydrogen-bond donors (Lipinski definition) is 1. The lowest BCUT2D eigenvalue weighted by Gasteiger charge is -2.25. The van der Waals surface area contributed by atoms with Crippen molar-refractivity contribution in [3.63, 3.8) is 0 Å². The predicted octanol–water partition coefficient (Wildman–Crippen LogP) is 4.57. The molecule has 2 heteroatoms. The van der Waals surface area contributed by atoms with E-state index in [1.807, 2.05) is 0 Å². The van der Waals surface area contributed by atoms with Gasteiger partial charge < -0.3 is 10.2 Å². The molecule has 0 aliphatic heterocycles. The summed E-state index contributed by atoms with van der Waals surface area (Å²) in [5.74, 6) is 0. The summed E-state index contributed by atoms with van der Waals surface area (Å²) in [5, 5.41) is 3.38. The third-order valence-electron chi connectivity index (χ3n) is 3.79. The molecule has 0 radical (unpaired) electrons.